The van der Waals surface area contributed by atoms with Crippen molar-refractivity contribution in [2.75, 3.05) is 33.4 Å². The molecule has 1 heterocycles. The molecule has 0 aromatic carbocycles. The summed E-state index contributed by atoms with van der Waals surface area (Å²) in [6.07, 6.45) is 0. The molecule has 0 bridgehead atoms. The first kappa shape index (κ1) is 17.5. The third kappa shape index (κ3) is 3.77. The Morgan fingerprint density at radius 1 is 1.40 bits per heavy atom. The molecule has 0 aliphatic heterocycles. The summed E-state index contributed by atoms with van der Waals surface area (Å²) in [6.45, 7) is -1.02. The van der Waals surface area contributed by atoms with Crippen LogP contribution in [0.4, 0.5) is 0 Å². The highest BCUT2D eigenvalue weighted by atomic mass is 79.9. The first-order chi connectivity index (χ1) is 9.38. The molecule has 0 saturated heterocycles. The molecule has 2 N–H and O–H groups in total. The van der Waals surface area contributed by atoms with E-state index < -0.39 is 16.0 Å². The van der Waals surface area contributed by atoms with Gasteiger partial charge in [-0.1, -0.05) is 0 Å². The lowest BCUT2D eigenvalue weighted by atomic mass is 10.5. The molecular formula is C10H14BrNO6S2. The number of sulfonamides is 1. The van der Waals surface area contributed by atoms with Crippen molar-refractivity contribution in [1.82, 2.24) is 4.31 Å². The van der Waals surface area contributed by atoms with E-state index in [1.807, 2.05) is 0 Å². The molecule has 0 amide bonds. The van der Waals surface area contributed by atoms with Crippen molar-refractivity contribution < 1.29 is 28.2 Å². The summed E-state index contributed by atoms with van der Waals surface area (Å²) in [7, 11) is -2.71. The van der Waals surface area contributed by atoms with E-state index in [0.29, 0.717) is 0 Å². The molecule has 114 valence electrons. The molecule has 0 aliphatic rings. The van der Waals surface area contributed by atoms with E-state index in [0.717, 1.165) is 15.6 Å². The fourth-order valence-electron chi connectivity index (χ4n) is 1.44. The number of aliphatic hydroxyl groups is 2. The Labute approximate surface area is 129 Å². The minimum atomic E-state index is -3.91. The summed E-state index contributed by atoms with van der Waals surface area (Å²) in [6, 6.07) is 1.21. The number of hydrogen-bond donors (Lipinski definition) is 2. The van der Waals surface area contributed by atoms with Gasteiger partial charge in [0.05, 0.1) is 24.1 Å². The largest absolute Gasteiger partial charge is 0.465 e. The van der Waals surface area contributed by atoms with Gasteiger partial charge in [-0.15, -0.1) is 11.3 Å². The Bertz CT molecular complexity index is 564. The van der Waals surface area contributed by atoms with Crippen molar-refractivity contribution in [3.8, 4) is 0 Å². The summed E-state index contributed by atoms with van der Waals surface area (Å²) in [5.74, 6) is -0.631. The van der Waals surface area contributed by atoms with Crippen LogP contribution in [0, 0.1) is 0 Å². The number of carbonyl (C=O) groups excluding carboxylic acids is 1. The zero-order chi connectivity index (χ0) is 15.3. The van der Waals surface area contributed by atoms with Crippen LogP contribution in [0.5, 0.6) is 0 Å². The maximum Gasteiger partial charge on any atom is 0.348 e. The number of halogens is 1. The molecule has 0 saturated carbocycles. The van der Waals surface area contributed by atoms with Crippen molar-refractivity contribution in [3.63, 3.8) is 0 Å². The molecule has 0 aliphatic carbocycles. The van der Waals surface area contributed by atoms with Crippen LogP contribution in [0.15, 0.2) is 14.7 Å². The number of nitrogens with zero attached hydrogens (tertiary/aromatic N) is 1. The van der Waals surface area contributed by atoms with E-state index in [-0.39, 0.29) is 39.9 Å². The number of rotatable bonds is 7. The van der Waals surface area contributed by atoms with Crippen LogP contribution in [0.3, 0.4) is 0 Å². The van der Waals surface area contributed by atoms with Crippen LogP contribution >= 0.6 is 27.3 Å². The van der Waals surface area contributed by atoms with Gasteiger partial charge in [-0.2, -0.15) is 4.31 Å². The summed E-state index contributed by atoms with van der Waals surface area (Å²) in [5.41, 5.74) is 0. The maximum absolute atomic E-state index is 12.4. The van der Waals surface area contributed by atoms with Gasteiger partial charge >= 0.3 is 5.97 Å². The molecule has 0 spiro atoms. The molecule has 0 atom stereocenters. The molecular weight excluding hydrogens is 374 g/mol. The van der Waals surface area contributed by atoms with Crippen LogP contribution in [0.1, 0.15) is 9.67 Å². The van der Waals surface area contributed by atoms with Crippen molar-refractivity contribution in [2.24, 2.45) is 0 Å². The topological polar surface area (TPSA) is 104 Å². The monoisotopic (exact) mass is 387 g/mol. The smallest absolute Gasteiger partial charge is 0.348 e. The number of ether oxygens (including phenoxy) is 1. The Kier molecular flexibility index (Phi) is 6.55. The molecule has 7 nitrogen and oxygen atoms in total. The van der Waals surface area contributed by atoms with Gasteiger partial charge in [-0.3, -0.25) is 0 Å². The number of carbonyl (C=O) groups is 1. The first-order valence-corrected chi connectivity index (χ1v) is 8.53. The fraction of sp³-hybridized carbons (Fsp3) is 0.500. The quantitative estimate of drug-likeness (QED) is 0.650. The lowest BCUT2D eigenvalue weighted by molar-refractivity contribution is 0.0606. The Hall–Kier alpha value is -0.520. The third-order valence-electron chi connectivity index (χ3n) is 2.36. The second-order valence-electron chi connectivity index (χ2n) is 3.59. The van der Waals surface area contributed by atoms with E-state index in [4.69, 9.17) is 10.2 Å². The Balaban J connectivity index is 3.20. The fourth-order valence-corrected chi connectivity index (χ4v) is 5.30. The number of esters is 1. The van der Waals surface area contributed by atoms with Crippen molar-refractivity contribution in [1.29, 1.82) is 0 Å². The normalized spacial score (nSPS) is 11.8. The number of aliphatic hydroxyl groups excluding tert-OH is 2. The van der Waals surface area contributed by atoms with E-state index in [2.05, 4.69) is 20.7 Å². The van der Waals surface area contributed by atoms with Gasteiger partial charge in [0.1, 0.15) is 9.77 Å². The molecule has 0 fully saturated rings. The van der Waals surface area contributed by atoms with Gasteiger partial charge in [0.25, 0.3) is 0 Å². The second kappa shape index (κ2) is 7.48. The summed E-state index contributed by atoms with van der Waals surface area (Å²) in [4.78, 5) is 11.5. The van der Waals surface area contributed by atoms with Gasteiger partial charge < -0.3 is 14.9 Å². The van der Waals surface area contributed by atoms with Crippen molar-refractivity contribution in [2.45, 2.75) is 4.90 Å². The molecule has 0 radical (unpaired) electrons. The van der Waals surface area contributed by atoms with E-state index in [9.17, 15) is 13.2 Å². The second-order valence-corrected chi connectivity index (χ2v) is 7.87. The Morgan fingerprint density at radius 2 is 1.95 bits per heavy atom. The van der Waals surface area contributed by atoms with Crippen LogP contribution in [-0.2, 0) is 14.8 Å². The summed E-state index contributed by atoms with van der Waals surface area (Å²) >= 11 is 4.04. The van der Waals surface area contributed by atoms with Gasteiger partial charge in [-0.05, 0) is 22.0 Å². The first-order valence-electron chi connectivity index (χ1n) is 5.48. The molecule has 1 rings (SSSR count). The van der Waals surface area contributed by atoms with E-state index in [1.165, 1.54) is 13.2 Å². The van der Waals surface area contributed by atoms with Gasteiger partial charge in [0.2, 0.25) is 10.0 Å². The average Bonchev–Trinajstić information content (AvgIpc) is 2.80. The third-order valence-corrected chi connectivity index (χ3v) is 6.49. The highest BCUT2D eigenvalue weighted by Crippen LogP contribution is 2.33. The Morgan fingerprint density at radius 3 is 2.40 bits per heavy atom. The molecule has 0 unspecified atom stereocenters. The molecule has 20 heavy (non-hydrogen) atoms. The van der Waals surface area contributed by atoms with Gasteiger partial charge in [-0.25, -0.2) is 13.2 Å². The van der Waals surface area contributed by atoms with Crippen LogP contribution in [0.2, 0.25) is 0 Å². The van der Waals surface area contributed by atoms with Crippen LogP contribution < -0.4 is 0 Å². The average molecular weight is 388 g/mol. The molecule has 10 heteroatoms. The van der Waals surface area contributed by atoms with Crippen LogP contribution in [-0.4, -0.2) is 62.3 Å². The number of hydrogen-bond acceptors (Lipinski definition) is 7. The minimum absolute atomic E-state index is 0.0928. The maximum atomic E-state index is 12.4. The zero-order valence-electron chi connectivity index (χ0n) is 10.6. The summed E-state index contributed by atoms with van der Waals surface area (Å²) in [5, 5.41) is 17.8. The highest BCUT2D eigenvalue weighted by molar-refractivity contribution is 9.11. The summed E-state index contributed by atoms with van der Waals surface area (Å²) < 4.78 is 30.5. The van der Waals surface area contributed by atoms with E-state index in [1.54, 1.807) is 0 Å². The number of thiophene rings is 1. The lowest BCUT2D eigenvalue weighted by Crippen LogP contribution is -2.35. The van der Waals surface area contributed by atoms with E-state index >= 15 is 0 Å². The zero-order valence-corrected chi connectivity index (χ0v) is 13.8. The minimum Gasteiger partial charge on any atom is -0.465 e. The van der Waals surface area contributed by atoms with Crippen LogP contribution in [0.25, 0.3) is 0 Å². The number of methoxy groups -OCH3 is 1. The van der Waals surface area contributed by atoms with Gasteiger partial charge in [0.15, 0.2) is 0 Å². The highest BCUT2D eigenvalue weighted by Gasteiger charge is 2.29. The van der Waals surface area contributed by atoms with Crippen molar-refractivity contribution >= 4 is 43.3 Å². The lowest BCUT2D eigenvalue weighted by Gasteiger charge is -2.19. The van der Waals surface area contributed by atoms with Crippen molar-refractivity contribution in [3.05, 3.63) is 14.7 Å². The SMILES string of the molecule is COC(=O)c1cc(S(=O)(=O)N(CCO)CCO)c(Br)s1. The standard InChI is InChI=1S/C10H14BrNO6S2/c1-18-10(15)7-6-8(9(11)19-7)20(16,17)12(2-4-13)3-5-14/h6,13-14H,2-5H2,1H3. The predicted molar refractivity (Wildman–Crippen MR) is 76.3 cm³/mol. The molecule has 1 aromatic heterocycles. The van der Waals surface area contributed by atoms with Gasteiger partial charge in [0, 0.05) is 13.1 Å². The molecule has 1 aromatic rings. The predicted octanol–water partition coefficient (Wildman–Crippen LogP) is 0.273.